The van der Waals surface area contributed by atoms with Crippen LogP contribution in [-0.4, -0.2) is 41.7 Å². The van der Waals surface area contributed by atoms with Crippen molar-refractivity contribution < 1.29 is 70.8 Å². The van der Waals surface area contributed by atoms with Crippen molar-refractivity contribution in [2.45, 2.75) is 134 Å². The number of pyridine rings is 4. The summed E-state index contributed by atoms with van der Waals surface area (Å²) in [5.41, 5.74) is 7.02. The Kier molecular flexibility index (Phi) is 20.3. The molecule has 0 amide bonds. The Morgan fingerprint density at radius 3 is 1.19 bits per heavy atom. The number of carbonyl (C=O) groups excluding carboxylic acids is 2. The molecular formula is C62H70N4O6Pt2S-2. The van der Waals surface area contributed by atoms with Crippen LogP contribution in [-0.2, 0) is 51.7 Å². The molecule has 9 aromatic rings. The number of carbonyl (C=O) groups is 2. The first-order valence-electron chi connectivity index (χ1n) is 25.9. The molecule has 0 aliphatic rings. The minimum absolute atomic E-state index is 0. The van der Waals surface area contributed by atoms with Crippen LogP contribution in [0.15, 0.2) is 118 Å². The maximum Gasteiger partial charge on any atom is 0.164 e. The third-order valence-electron chi connectivity index (χ3n) is 16.3. The van der Waals surface area contributed by atoms with Gasteiger partial charge >= 0.3 is 0 Å². The summed E-state index contributed by atoms with van der Waals surface area (Å²) in [5, 5.41) is 24.4. The predicted molar refractivity (Wildman–Crippen MR) is 300 cm³/mol. The first-order valence-corrected chi connectivity index (χ1v) is 26.7. The normalized spacial score (nSPS) is 12.6. The first kappa shape index (κ1) is 60.5. The Balaban J connectivity index is 0.000000245. The van der Waals surface area contributed by atoms with Gasteiger partial charge in [0.25, 0.3) is 0 Å². The number of furan rings is 2. The monoisotopic (exact) mass is 1390 g/mol. The molecule has 0 aliphatic heterocycles. The molecule has 7 heterocycles. The van der Waals surface area contributed by atoms with Crippen LogP contribution < -0.4 is 0 Å². The standard InChI is InChI=1S/C32H14N4O2S.2C15H28O2.2Pt/c1-3-17-18-4-2-6-20(24-8-10-28-30(36-24)22-16-34-14-12-26(22)38-28)32(18)39-31(17)19(5-1)23-7-9-27-29(35-23)21-15-33-13-11-25(21)37-27;2*1-7-14(5,8-2)12(16)11-13(17)15(6,9-3)10-4;;/h1-4,7-16H;2*11,16H,7-10H2,1-6H3;;/q-2;;;;/b;2*12-11-;;. The zero-order valence-corrected chi connectivity index (χ0v) is 50.6. The van der Waals surface area contributed by atoms with E-state index in [1.807, 2.05) is 132 Å². The Morgan fingerprint density at radius 2 is 0.853 bits per heavy atom. The molecule has 0 aliphatic carbocycles. The van der Waals surface area contributed by atoms with E-state index in [9.17, 15) is 19.8 Å². The largest absolute Gasteiger partial charge is 0.512 e. The summed E-state index contributed by atoms with van der Waals surface area (Å²) in [4.78, 5) is 42.9. The van der Waals surface area contributed by atoms with Crippen LogP contribution in [0.25, 0.3) is 86.8 Å². The minimum atomic E-state index is -0.337. The van der Waals surface area contributed by atoms with Crippen LogP contribution in [0.3, 0.4) is 0 Å². The number of ketones is 2. The molecule has 402 valence electrons. The zero-order chi connectivity index (χ0) is 52.9. The van der Waals surface area contributed by atoms with Crippen LogP contribution in [0.1, 0.15) is 134 Å². The number of aliphatic hydroxyl groups excluding tert-OH is 2. The molecule has 2 aromatic carbocycles. The molecule has 0 unspecified atom stereocenters. The number of allylic oxidation sites excluding steroid dienone is 4. The Morgan fingerprint density at radius 1 is 0.507 bits per heavy atom. The number of aliphatic hydroxyl groups is 2. The Labute approximate surface area is 474 Å². The van der Waals surface area contributed by atoms with Crippen molar-refractivity contribution in [3.63, 3.8) is 0 Å². The van der Waals surface area contributed by atoms with Crippen molar-refractivity contribution in [2.24, 2.45) is 21.7 Å². The van der Waals surface area contributed by atoms with Crippen LogP contribution in [0.5, 0.6) is 0 Å². The van der Waals surface area contributed by atoms with Gasteiger partial charge in [-0.3, -0.25) is 29.5 Å². The van der Waals surface area contributed by atoms with Gasteiger partial charge in [-0.15, -0.1) is 58.3 Å². The maximum atomic E-state index is 12.2. The van der Waals surface area contributed by atoms with E-state index in [1.165, 1.54) is 12.2 Å². The SMILES string of the molecule is CCC(C)(CC)C(=O)/C=C(\O)C(C)(CC)CC.CCC(C)(CC)C(=O)/C=C(\O)C(C)(CC)CC.[Pt].[Pt].[c-]1ccc2c(sc3c(-c4ccc5oc6ccncc6c5n4)[c-]ccc32)c1-c1ccc2oc3ccncc3c2n1. The van der Waals surface area contributed by atoms with Gasteiger partial charge in [0.1, 0.15) is 33.7 Å². The van der Waals surface area contributed by atoms with Crippen molar-refractivity contribution in [3.05, 3.63) is 121 Å². The summed E-state index contributed by atoms with van der Waals surface area (Å²) >= 11 is 1.71. The quantitative estimate of drug-likeness (QED) is 0.0543. The van der Waals surface area contributed by atoms with Gasteiger partial charge in [-0.1, -0.05) is 105 Å². The molecular weight excluding hydrogens is 1320 g/mol. The van der Waals surface area contributed by atoms with E-state index in [1.54, 1.807) is 36.1 Å². The molecule has 7 aromatic heterocycles. The van der Waals surface area contributed by atoms with Gasteiger partial charge in [0.05, 0.1) is 10.8 Å². The van der Waals surface area contributed by atoms with Crippen molar-refractivity contribution in [1.29, 1.82) is 0 Å². The summed E-state index contributed by atoms with van der Waals surface area (Å²) in [6.45, 7) is 24.2. The van der Waals surface area contributed by atoms with Crippen molar-refractivity contribution >= 4 is 87.2 Å². The molecule has 2 N–H and O–H groups in total. The van der Waals surface area contributed by atoms with Crippen LogP contribution in [0, 0.1) is 33.8 Å². The summed E-state index contributed by atoms with van der Waals surface area (Å²) in [6.07, 6.45) is 16.6. The molecule has 0 saturated heterocycles. The first-order chi connectivity index (χ1) is 34.9. The molecule has 13 heteroatoms. The van der Waals surface area contributed by atoms with Crippen LogP contribution in [0.4, 0.5) is 0 Å². The minimum Gasteiger partial charge on any atom is -0.512 e. The fourth-order valence-corrected chi connectivity index (χ4v) is 10.0. The van der Waals surface area contributed by atoms with Gasteiger partial charge in [0.2, 0.25) is 0 Å². The van der Waals surface area contributed by atoms with Gasteiger partial charge in [-0.25, -0.2) is 11.3 Å². The number of hydrogen-bond acceptors (Lipinski definition) is 11. The molecule has 0 spiro atoms. The maximum absolute atomic E-state index is 12.2. The molecule has 0 radical (unpaired) electrons. The van der Waals surface area contributed by atoms with Crippen molar-refractivity contribution in [1.82, 2.24) is 19.9 Å². The predicted octanol–water partition coefficient (Wildman–Crippen LogP) is 17.7. The molecule has 75 heavy (non-hydrogen) atoms. The van der Waals surface area contributed by atoms with E-state index >= 15 is 0 Å². The second kappa shape index (κ2) is 25.2. The third kappa shape index (κ3) is 12.1. The van der Waals surface area contributed by atoms with E-state index in [4.69, 9.17) is 18.8 Å². The van der Waals surface area contributed by atoms with Gasteiger partial charge in [-0.05, 0) is 87.0 Å². The van der Waals surface area contributed by atoms with Gasteiger partial charge in [-0.2, -0.15) is 0 Å². The topological polar surface area (TPSA) is 152 Å². The van der Waals surface area contributed by atoms with Gasteiger partial charge < -0.3 is 19.0 Å². The van der Waals surface area contributed by atoms with Gasteiger partial charge in [0.15, 0.2) is 22.7 Å². The number of aromatic nitrogens is 4. The molecule has 0 fully saturated rings. The number of fused-ring (bicyclic) bond motifs is 9. The number of thiophene rings is 1. The number of benzene rings is 2. The molecule has 0 atom stereocenters. The van der Waals surface area contributed by atoms with E-state index in [0.29, 0.717) is 0 Å². The molecule has 0 saturated carbocycles. The fraction of sp³-hybridized carbons (Fsp3) is 0.387. The van der Waals surface area contributed by atoms with E-state index in [-0.39, 0.29) is 86.9 Å². The van der Waals surface area contributed by atoms with Gasteiger partial charge in [0, 0.05) is 101 Å². The van der Waals surface area contributed by atoms with Crippen LogP contribution >= 0.6 is 11.3 Å². The summed E-state index contributed by atoms with van der Waals surface area (Å²) in [7, 11) is 0. The number of hydrogen-bond donors (Lipinski definition) is 2. The number of nitrogens with zero attached hydrogens (tertiary/aromatic N) is 4. The van der Waals surface area contributed by atoms with Crippen molar-refractivity contribution in [3.8, 4) is 22.5 Å². The zero-order valence-electron chi connectivity index (χ0n) is 45.3. The van der Waals surface area contributed by atoms with Crippen LogP contribution in [0.2, 0.25) is 0 Å². The second-order valence-corrected chi connectivity index (χ2v) is 21.2. The summed E-state index contributed by atoms with van der Waals surface area (Å²) < 4.78 is 14.2. The Bertz CT molecular complexity index is 3270. The fourth-order valence-electron chi connectivity index (χ4n) is 8.71. The smallest absolute Gasteiger partial charge is 0.164 e. The Hall–Kier alpha value is -5.34. The number of rotatable bonds is 16. The molecule has 10 nitrogen and oxygen atoms in total. The summed E-state index contributed by atoms with van der Waals surface area (Å²) in [6, 6.07) is 26.7. The average Bonchev–Trinajstić information content (AvgIpc) is 4.13. The van der Waals surface area contributed by atoms with E-state index < -0.39 is 0 Å². The molecule has 0 bridgehead atoms. The third-order valence-corrected chi connectivity index (χ3v) is 17.6. The molecule has 9 rings (SSSR count). The van der Waals surface area contributed by atoms with Crippen molar-refractivity contribution in [2.75, 3.05) is 0 Å². The van der Waals surface area contributed by atoms with E-state index in [2.05, 4.69) is 34.2 Å². The van der Waals surface area contributed by atoms with E-state index in [0.717, 1.165) is 138 Å². The summed E-state index contributed by atoms with van der Waals surface area (Å²) in [5.74, 6) is 0.572. The second-order valence-electron chi connectivity index (χ2n) is 20.2. The average molecular weight is 1390 g/mol.